The van der Waals surface area contributed by atoms with Gasteiger partial charge in [-0.25, -0.2) is 8.42 Å². The van der Waals surface area contributed by atoms with Crippen molar-refractivity contribution in [2.75, 3.05) is 7.05 Å². The lowest BCUT2D eigenvalue weighted by Crippen LogP contribution is -2.39. The minimum Gasteiger partial charge on any atom is -0.361 e. The number of amidine groups is 1. The minimum absolute atomic E-state index is 0.121. The summed E-state index contributed by atoms with van der Waals surface area (Å²) in [6.45, 7) is 7.74. The molecule has 1 N–H and O–H groups in total. The molecule has 0 unspecified atom stereocenters. The fraction of sp³-hybridized carbons (Fsp3) is 0.421. The predicted molar refractivity (Wildman–Crippen MR) is 104 cm³/mol. The number of nitrogens with one attached hydrogen (secondary N) is 1. The second-order valence-electron chi connectivity index (χ2n) is 7.27. The zero-order chi connectivity index (χ0) is 20.6. The van der Waals surface area contributed by atoms with Gasteiger partial charge in [-0.3, -0.25) is 14.5 Å². The van der Waals surface area contributed by atoms with Crippen LogP contribution in [0.15, 0.2) is 38.7 Å². The number of carbonyl (C=O) groups excluding carboxylic acids is 1. The largest absolute Gasteiger partial charge is 0.361 e. The van der Waals surface area contributed by atoms with E-state index in [2.05, 4.69) is 14.9 Å². The van der Waals surface area contributed by atoms with Crippen LogP contribution in [0.1, 0.15) is 36.4 Å². The number of likely N-dealkylation sites (N-methyl/N-ethyl adjacent to an activating group) is 1. The lowest BCUT2D eigenvalue weighted by molar-refractivity contribution is -0.132. The quantitative estimate of drug-likeness (QED) is 0.821. The van der Waals surface area contributed by atoms with Gasteiger partial charge in [0.15, 0.2) is 0 Å². The van der Waals surface area contributed by atoms with Gasteiger partial charge in [0.1, 0.15) is 17.6 Å². The van der Waals surface area contributed by atoms with Crippen molar-refractivity contribution < 1.29 is 17.7 Å². The van der Waals surface area contributed by atoms with Gasteiger partial charge in [-0.15, -0.1) is 0 Å². The average molecular weight is 404 g/mol. The van der Waals surface area contributed by atoms with Crippen molar-refractivity contribution >= 4 is 21.8 Å². The van der Waals surface area contributed by atoms with Gasteiger partial charge in [-0.1, -0.05) is 31.1 Å². The van der Waals surface area contributed by atoms with Gasteiger partial charge in [0.25, 0.3) is 10.0 Å². The molecule has 0 radical (unpaired) electrons. The van der Waals surface area contributed by atoms with Crippen LogP contribution >= 0.6 is 0 Å². The van der Waals surface area contributed by atoms with Gasteiger partial charge >= 0.3 is 0 Å². The standard InChI is InChI=1S/C19H24N4O4S/c1-11(2)17(19(24)23(5)10-15-12(3)21-27-13(15)4)20-18-14-8-6-7-9-16(14)28(25,26)22-18/h6-9,11,17H,10H2,1-5H3,(H,20,22)/t17-/m0/s1. The van der Waals surface area contributed by atoms with Crippen molar-refractivity contribution in [3.8, 4) is 0 Å². The molecule has 1 atom stereocenters. The first-order valence-corrected chi connectivity index (χ1v) is 10.5. The van der Waals surface area contributed by atoms with Crippen molar-refractivity contribution in [1.82, 2.24) is 14.8 Å². The van der Waals surface area contributed by atoms with Gasteiger partial charge in [0.2, 0.25) is 5.91 Å². The predicted octanol–water partition coefficient (Wildman–Crippen LogP) is 2.01. The Hall–Kier alpha value is -2.68. The van der Waals surface area contributed by atoms with E-state index in [1.54, 1.807) is 37.1 Å². The third kappa shape index (κ3) is 3.66. The van der Waals surface area contributed by atoms with Crippen molar-refractivity contribution in [3.63, 3.8) is 0 Å². The van der Waals surface area contributed by atoms with Crippen LogP contribution in [0.4, 0.5) is 0 Å². The molecule has 0 spiro atoms. The molecular formula is C19H24N4O4S. The summed E-state index contributed by atoms with van der Waals surface area (Å²) >= 11 is 0. The monoisotopic (exact) mass is 404 g/mol. The van der Waals surface area contributed by atoms with Crippen molar-refractivity contribution in [3.05, 3.63) is 46.8 Å². The summed E-state index contributed by atoms with van der Waals surface area (Å²) < 4.78 is 32.2. The smallest absolute Gasteiger partial charge is 0.263 e. The third-order valence-corrected chi connectivity index (χ3v) is 6.17. The van der Waals surface area contributed by atoms with E-state index >= 15 is 0 Å². The molecule has 0 aliphatic carbocycles. The molecule has 1 amide bonds. The lowest BCUT2D eigenvalue weighted by atomic mass is 10.0. The maximum atomic E-state index is 13.1. The highest BCUT2D eigenvalue weighted by Crippen LogP contribution is 2.24. The van der Waals surface area contributed by atoms with Crippen LogP contribution < -0.4 is 4.72 Å². The Balaban J connectivity index is 1.90. The molecule has 0 bridgehead atoms. The first-order valence-electron chi connectivity index (χ1n) is 8.98. The van der Waals surface area contributed by atoms with E-state index in [0.29, 0.717) is 17.9 Å². The topological polar surface area (TPSA) is 105 Å². The van der Waals surface area contributed by atoms with Crippen LogP contribution in [0.5, 0.6) is 0 Å². The number of amides is 1. The first kappa shape index (κ1) is 20.1. The Morgan fingerprint density at radius 2 is 1.96 bits per heavy atom. The van der Waals surface area contributed by atoms with E-state index in [0.717, 1.165) is 11.3 Å². The third-order valence-electron chi connectivity index (χ3n) is 4.77. The number of carbonyl (C=O) groups is 1. The summed E-state index contributed by atoms with van der Waals surface area (Å²) in [5.74, 6) is 0.547. The Morgan fingerprint density at radius 1 is 1.29 bits per heavy atom. The molecule has 1 aromatic carbocycles. The first-order chi connectivity index (χ1) is 13.1. The highest BCUT2D eigenvalue weighted by molar-refractivity contribution is 7.90. The number of hydrogen-bond acceptors (Lipinski definition) is 6. The molecule has 2 aromatic rings. The molecule has 28 heavy (non-hydrogen) atoms. The summed E-state index contributed by atoms with van der Waals surface area (Å²) in [4.78, 5) is 19.3. The normalized spacial score (nSPS) is 17.4. The Labute approximate surface area is 164 Å². The summed E-state index contributed by atoms with van der Waals surface area (Å²) in [6.07, 6.45) is 0. The number of aromatic nitrogens is 1. The molecule has 150 valence electrons. The minimum atomic E-state index is -3.65. The van der Waals surface area contributed by atoms with Crippen molar-refractivity contribution in [2.24, 2.45) is 10.9 Å². The molecule has 0 fully saturated rings. The van der Waals surface area contributed by atoms with Crippen LogP contribution in [0.25, 0.3) is 0 Å². The molecule has 2 heterocycles. The Kier molecular flexibility index (Phi) is 5.29. The van der Waals surface area contributed by atoms with Gasteiger partial charge in [0.05, 0.1) is 17.1 Å². The molecule has 1 aromatic heterocycles. The maximum Gasteiger partial charge on any atom is 0.263 e. The molecule has 0 saturated heterocycles. The second-order valence-corrected chi connectivity index (χ2v) is 8.92. The highest BCUT2D eigenvalue weighted by Gasteiger charge is 2.33. The van der Waals surface area contributed by atoms with Crippen molar-refractivity contribution in [1.29, 1.82) is 0 Å². The highest BCUT2D eigenvalue weighted by atomic mass is 32.2. The molecule has 0 saturated carbocycles. The maximum absolute atomic E-state index is 13.1. The van der Waals surface area contributed by atoms with Crippen LogP contribution in [0.3, 0.4) is 0 Å². The molecule has 1 aliphatic rings. The van der Waals surface area contributed by atoms with E-state index < -0.39 is 16.1 Å². The Bertz CT molecular complexity index is 1020. The summed E-state index contributed by atoms with van der Waals surface area (Å²) in [5, 5.41) is 3.92. The summed E-state index contributed by atoms with van der Waals surface area (Å²) in [6, 6.07) is 5.88. The van der Waals surface area contributed by atoms with Gasteiger partial charge < -0.3 is 9.42 Å². The Morgan fingerprint density at radius 3 is 2.57 bits per heavy atom. The molecular weight excluding hydrogens is 380 g/mol. The number of hydrogen-bond donors (Lipinski definition) is 1. The molecule has 3 rings (SSSR count). The number of nitrogens with zero attached hydrogens (tertiary/aromatic N) is 3. The zero-order valence-corrected chi connectivity index (χ0v) is 17.4. The number of fused-ring (bicyclic) bond motifs is 1. The second kappa shape index (κ2) is 7.38. The fourth-order valence-electron chi connectivity index (χ4n) is 3.13. The van der Waals surface area contributed by atoms with Gasteiger partial charge in [0, 0.05) is 18.2 Å². The summed E-state index contributed by atoms with van der Waals surface area (Å²) in [5.41, 5.74) is 2.08. The number of aliphatic imine (C=N–C) groups is 1. The number of benzene rings is 1. The van der Waals surface area contributed by atoms with Crippen LogP contribution in [-0.2, 0) is 21.4 Å². The number of sulfonamides is 1. The SMILES string of the molecule is Cc1noc(C)c1CN(C)C(=O)[C@@H](N=C1NS(=O)(=O)c2ccccc21)C(C)C. The van der Waals surface area contributed by atoms with E-state index in [-0.39, 0.29) is 22.6 Å². The molecule has 1 aliphatic heterocycles. The lowest BCUT2D eigenvalue weighted by Gasteiger charge is -2.24. The number of aryl methyl sites for hydroxylation is 2. The summed E-state index contributed by atoms with van der Waals surface area (Å²) in [7, 11) is -1.96. The van der Waals surface area contributed by atoms with Crippen LogP contribution in [0.2, 0.25) is 0 Å². The van der Waals surface area contributed by atoms with Crippen molar-refractivity contribution in [2.45, 2.75) is 45.2 Å². The average Bonchev–Trinajstić information content (AvgIpc) is 3.09. The van der Waals surface area contributed by atoms with E-state index in [4.69, 9.17) is 4.52 Å². The molecule has 9 heteroatoms. The molecule has 8 nitrogen and oxygen atoms in total. The van der Waals surface area contributed by atoms with Crippen LogP contribution in [0, 0.1) is 19.8 Å². The van der Waals surface area contributed by atoms with E-state index in [9.17, 15) is 13.2 Å². The number of rotatable bonds is 5. The van der Waals surface area contributed by atoms with Gasteiger partial charge in [-0.2, -0.15) is 0 Å². The van der Waals surface area contributed by atoms with E-state index in [1.807, 2.05) is 20.8 Å². The fourth-order valence-corrected chi connectivity index (χ4v) is 4.37. The van der Waals surface area contributed by atoms with Crippen LogP contribution in [-0.4, -0.2) is 43.3 Å². The zero-order valence-electron chi connectivity index (χ0n) is 16.6. The van der Waals surface area contributed by atoms with E-state index in [1.165, 1.54) is 6.07 Å². The van der Waals surface area contributed by atoms with Gasteiger partial charge in [-0.05, 0) is 31.9 Å².